The highest BCUT2D eigenvalue weighted by Crippen LogP contribution is 2.41. The zero-order valence-electron chi connectivity index (χ0n) is 21.4. The van der Waals surface area contributed by atoms with Gasteiger partial charge in [0.05, 0.1) is 0 Å². The predicted molar refractivity (Wildman–Crippen MR) is 165 cm³/mol. The molecule has 0 nitrogen and oxygen atoms in total. The molecule has 1 aliphatic heterocycles. The van der Waals surface area contributed by atoms with E-state index in [1.54, 1.807) is 0 Å². The first-order valence-electron chi connectivity index (χ1n) is 13.3. The lowest BCUT2D eigenvalue weighted by Crippen LogP contribution is -2.75. The third-order valence-electron chi connectivity index (χ3n) is 8.13. The second-order valence-corrected chi connectivity index (χ2v) is 13.8. The first-order chi connectivity index (χ1) is 18.8. The largest absolute Gasteiger partial charge is 0.180 e. The lowest BCUT2D eigenvalue weighted by atomic mass is 9.87. The molecule has 7 rings (SSSR count). The molecule has 0 aromatic heterocycles. The van der Waals surface area contributed by atoms with E-state index in [4.69, 9.17) is 0 Å². The monoisotopic (exact) mass is 500 g/mol. The molecule has 38 heavy (non-hydrogen) atoms. The van der Waals surface area contributed by atoms with Crippen LogP contribution >= 0.6 is 0 Å². The number of rotatable bonds is 2. The van der Waals surface area contributed by atoms with Crippen LogP contribution in [0.1, 0.15) is 5.56 Å². The number of fused-ring (bicyclic) bond motifs is 7. The van der Waals surface area contributed by atoms with Gasteiger partial charge in [0.1, 0.15) is 0 Å². The van der Waals surface area contributed by atoms with Gasteiger partial charge in [0, 0.05) is 0 Å². The molecule has 1 heterocycles. The summed E-state index contributed by atoms with van der Waals surface area (Å²) in [6.07, 6.45) is 0. The van der Waals surface area contributed by atoms with Crippen LogP contribution in [0.5, 0.6) is 0 Å². The summed E-state index contributed by atoms with van der Waals surface area (Å²) in [6.45, 7) is 2.26. The van der Waals surface area contributed by atoms with E-state index in [0.717, 1.165) is 0 Å². The minimum Gasteiger partial charge on any atom is -0.0623 e. The number of benzene rings is 6. The van der Waals surface area contributed by atoms with Gasteiger partial charge in [0.2, 0.25) is 0 Å². The van der Waals surface area contributed by atoms with Crippen LogP contribution in [0.3, 0.4) is 0 Å². The fourth-order valence-corrected chi connectivity index (χ4v) is 11.8. The zero-order chi connectivity index (χ0) is 25.5. The lowest BCUT2D eigenvalue weighted by molar-refractivity contribution is 1.46. The topological polar surface area (TPSA) is 0 Å². The Morgan fingerprint density at radius 2 is 0.763 bits per heavy atom. The molecular formula is C37H28Si. The minimum absolute atomic E-state index is 1.29. The molecule has 0 spiro atoms. The average molecular weight is 501 g/mol. The van der Waals surface area contributed by atoms with Gasteiger partial charge < -0.3 is 0 Å². The molecule has 0 radical (unpaired) electrons. The van der Waals surface area contributed by atoms with E-state index in [9.17, 15) is 0 Å². The molecule has 0 bridgehead atoms. The molecule has 1 aliphatic rings. The van der Waals surface area contributed by atoms with Crippen LogP contribution in [0.4, 0.5) is 0 Å². The van der Waals surface area contributed by atoms with E-state index < -0.39 is 8.07 Å². The second kappa shape index (κ2) is 9.13. The molecule has 6 aromatic carbocycles. The minimum atomic E-state index is -2.75. The van der Waals surface area contributed by atoms with E-state index >= 15 is 0 Å². The van der Waals surface area contributed by atoms with Crippen LogP contribution in [0.25, 0.3) is 33.4 Å². The first kappa shape index (κ1) is 22.7. The average Bonchev–Trinajstić information content (AvgIpc) is 3.03. The fourth-order valence-electron chi connectivity index (χ4n) is 6.59. The summed E-state index contributed by atoms with van der Waals surface area (Å²) in [7, 11) is -2.75. The Balaban J connectivity index is 1.80. The quantitative estimate of drug-likeness (QED) is 0.232. The van der Waals surface area contributed by atoms with Crippen molar-refractivity contribution in [3.8, 4) is 33.4 Å². The Morgan fingerprint density at radius 1 is 0.342 bits per heavy atom. The zero-order valence-corrected chi connectivity index (χ0v) is 22.4. The standard InChI is InChI=1S/C37H28Si/c1-27-15-14-24-33-31-21-9-8-20-30(31)32-22-10-12-25-35(32)38(28-16-4-2-5-17-28,29-18-6-3-7-19-29)36-26-13-11-23-34(36)37(27)33/h2-26H,1H3. The first-order valence-corrected chi connectivity index (χ1v) is 15.3. The molecule has 0 saturated heterocycles. The van der Waals surface area contributed by atoms with Crippen molar-refractivity contribution in [1.82, 2.24) is 0 Å². The van der Waals surface area contributed by atoms with Crippen LogP contribution in [0, 0.1) is 6.92 Å². The molecule has 0 unspecified atom stereocenters. The Hall–Kier alpha value is -4.46. The van der Waals surface area contributed by atoms with Gasteiger partial charge in [-0.25, -0.2) is 0 Å². The smallest absolute Gasteiger partial charge is 0.0623 e. The third-order valence-corrected chi connectivity index (χ3v) is 13.0. The summed E-state index contributed by atoms with van der Waals surface area (Å²) < 4.78 is 0. The summed E-state index contributed by atoms with van der Waals surface area (Å²) >= 11 is 0. The van der Waals surface area contributed by atoms with Gasteiger partial charge in [-0.1, -0.05) is 152 Å². The number of hydrogen-bond donors (Lipinski definition) is 0. The molecular weight excluding hydrogens is 472 g/mol. The summed E-state index contributed by atoms with van der Waals surface area (Å²) in [5.41, 5.74) is 9.20. The Labute approximate surface area is 225 Å². The van der Waals surface area contributed by atoms with Crippen molar-refractivity contribution in [3.63, 3.8) is 0 Å². The van der Waals surface area contributed by atoms with E-state index in [0.29, 0.717) is 0 Å². The van der Waals surface area contributed by atoms with Gasteiger partial charge in [0.15, 0.2) is 8.07 Å². The highest BCUT2D eigenvalue weighted by molar-refractivity contribution is 7.21. The van der Waals surface area contributed by atoms with Crippen LogP contribution in [0.2, 0.25) is 0 Å². The molecule has 1 heteroatoms. The highest BCUT2D eigenvalue weighted by atomic mass is 28.3. The molecule has 0 amide bonds. The molecule has 6 aromatic rings. The van der Waals surface area contributed by atoms with Crippen LogP contribution < -0.4 is 20.7 Å². The Bertz CT molecular complexity index is 1730. The van der Waals surface area contributed by atoms with Gasteiger partial charge >= 0.3 is 0 Å². The van der Waals surface area contributed by atoms with Crippen LogP contribution in [0.15, 0.2) is 152 Å². The van der Waals surface area contributed by atoms with E-state index in [1.807, 2.05) is 0 Å². The fraction of sp³-hybridized carbons (Fsp3) is 0.0270. The van der Waals surface area contributed by atoms with Crippen molar-refractivity contribution in [3.05, 3.63) is 157 Å². The van der Waals surface area contributed by atoms with Crippen molar-refractivity contribution in [2.45, 2.75) is 6.92 Å². The maximum absolute atomic E-state index is 2.75. The molecule has 180 valence electrons. The van der Waals surface area contributed by atoms with Gasteiger partial charge in [0.25, 0.3) is 0 Å². The molecule has 0 saturated carbocycles. The summed E-state index contributed by atoms with van der Waals surface area (Å²) in [5, 5.41) is 5.68. The van der Waals surface area contributed by atoms with Crippen molar-refractivity contribution >= 4 is 28.8 Å². The van der Waals surface area contributed by atoms with Crippen molar-refractivity contribution in [2.75, 3.05) is 0 Å². The van der Waals surface area contributed by atoms with Gasteiger partial charge in [-0.15, -0.1) is 0 Å². The predicted octanol–water partition coefficient (Wildman–Crippen LogP) is 6.69. The number of hydrogen-bond acceptors (Lipinski definition) is 0. The second-order valence-electron chi connectivity index (χ2n) is 10.1. The highest BCUT2D eigenvalue weighted by Gasteiger charge is 2.45. The van der Waals surface area contributed by atoms with Crippen molar-refractivity contribution in [2.24, 2.45) is 0 Å². The maximum atomic E-state index is 2.41. The van der Waals surface area contributed by atoms with Gasteiger partial charge in [-0.2, -0.15) is 0 Å². The van der Waals surface area contributed by atoms with Crippen molar-refractivity contribution < 1.29 is 0 Å². The van der Waals surface area contributed by atoms with Gasteiger partial charge in [-0.05, 0) is 66.6 Å². The van der Waals surface area contributed by atoms with Gasteiger partial charge in [-0.3, -0.25) is 0 Å². The number of aryl methyl sites for hydroxylation is 1. The van der Waals surface area contributed by atoms with Crippen LogP contribution in [-0.4, -0.2) is 8.07 Å². The molecule has 0 fully saturated rings. The third kappa shape index (κ3) is 3.29. The van der Waals surface area contributed by atoms with E-state index in [1.165, 1.54) is 59.7 Å². The van der Waals surface area contributed by atoms with Crippen LogP contribution in [-0.2, 0) is 0 Å². The van der Waals surface area contributed by atoms with E-state index in [2.05, 4.69) is 159 Å². The normalized spacial score (nSPS) is 13.1. The molecule has 0 aliphatic carbocycles. The lowest BCUT2D eigenvalue weighted by Gasteiger charge is -2.37. The summed E-state index contributed by atoms with van der Waals surface area (Å²) in [4.78, 5) is 0. The molecule has 0 atom stereocenters. The Morgan fingerprint density at radius 3 is 1.37 bits per heavy atom. The van der Waals surface area contributed by atoms with E-state index in [-0.39, 0.29) is 0 Å². The summed E-state index contributed by atoms with van der Waals surface area (Å²) in [6, 6.07) is 56.6. The Kier molecular flexibility index (Phi) is 5.46. The maximum Gasteiger partial charge on any atom is 0.180 e. The SMILES string of the molecule is Cc1cccc2c1-c1ccccc1[Si](c1ccccc1)(c1ccccc1)c1ccccc1-c1ccccc1-2. The van der Waals surface area contributed by atoms with Crippen molar-refractivity contribution in [1.29, 1.82) is 0 Å². The summed E-state index contributed by atoms with van der Waals surface area (Å²) in [5.74, 6) is 0. The molecule has 0 N–H and O–H groups in total.